The van der Waals surface area contributed by atoms with Gasteiger partial charge in [-0.15, -0.1) is 11.3 Å². The van der Waals surface area contributed by atoms with E-state index in [0.29, 0.717) is 19.4 Å². The second kappa shape index (κ2) is 4.58. The summed E-state index contributed by atoms with van der Waals surface area (Å²) in [4.78, 5) is 0. The van der Waals surface area contributed by atoms with E-state index in [1.165, 1.54) is 10.1 Å². The number of ether oxygens (including phenoxy) is 1. The molecule has 0 amide bonds. The van der Waals surface area contributed by atoms with Crippen molar-refractivity contribution in [3.8, 4) is 0 Å². The fourth-order valence-corrected chi connectivity index (χ4v) is 4.05. The first-order valence-corrected chi connectivity index (χ1v) is 7.77. The van der Waals surface area contributed by atoms with Crippen LogP contribution in [-0.4, -0.2) is 17.3 Å². The number of aliphatic hydroxyl groups is 1. The van der Waals surface area contributed by atoms with E-state index in [1.807, 2.05) is 6.07 Å². The molecule has 3 rings (SSSR count). The number of benzene rings is 1. The van der Waals surface area contributed by atoms with Crippen LogP contribution in [0.5, 0.6) is 0 Å². The number of hydrogen-bond donors (Lipinski definition) is 1. The Morgan fingerprint density at radius 1 is 1.37 bits per heavy atom. The number of rotatable bonds is 2. The number of thiophene rings is 1. The Kier molecular flexibility index (Phi) is 3.16. The Labute approximate surface area is 118 Å². The molecule has 0 saturated carbocycles. The summed E-state index contributed by atoms with van der Waals surface area (Å²) < 4.78 is 7.08. The largest absolute Gasteiger partial charge is 0.385 e. The first-order chi connectivity index (χ1) is 9.06. The molecule has 1 aliphatic heterocycles. The maximum atomic E-state index is 11.2. The van der Waals surface area contributed by atoms with Gasteiger partial charge in [-0.25, -0.2) is 0 Å². The minimum absolute atomic E-state index is 0.216. The highest BCUT2D eigenvalue weighted by molar-refractivity contribution is 7.17. The van der Waals surface area contributed by atoms with E-state index in [2.05, 4.69) is 37.4 Å². The maximum absolute atomic E-state index is 11.2. The normalized spacial score (nSPS) is 31.7. The molecule has 1 aromatic carbocycles. The fraction of sp³-hybridized carbons (Fsp3) is 0.500. The lowest BCUT2D eigenvalue weighted by Crippen LogP contribution is -2.45. The lowest BCUT2D eigenvalue weighted by atomic mass is 9.77. The van der Waals surface area contributed by atoms with Crippen molar-refractivity contribution < 1.29 is 9.84 Å². The molecule has 1 fully saturated rings. The molecule has 1 N–H and O–H groups in total. The average molecular weight is 276 g/mol. The second-order valence-electron chi connectivity index (χ2n) is 5.75. The fourth-order valence-electron chi connectivity index (χ4n) is 3.04. The van der Waals surface area contributed by atoms with Crippen molar-refractivity contribution in [2.24, 2.45) is 0 Å². The van der Waals surface area contributed by atoms with Gasteiger partial charge in [-0.2, -0.15) is 0 Å². The molecule has 0 bridgehead atoms. The zero-order chi connectivity index (χ0) is 13.5. The van der Waals surface area contributed by atoms with Gasteiger partial charge < -0.3 is 9.84 Å². The maximum Gasteiger partial charge on any atom is 0.0959 e. The van der Waals surface area contributed by atoms with Crippen molar-refractivity contribution in [1.29, 1.82) is 0 Å². The molecular weight excluding hydrogens is 256 g/mol. The minimum Gasteiger partial charge on any atom is -0.385 e. The van der Waals surface area contributed by atoms with Gasteiger partial charge in [0.1, 0.15) is 0 Å². The molecule has 19 heavy (non-hydrogen) atoms. The topological polar surface area (TPSA) is 29.5 Å². The van der Waals surface area contributed by atoms with Crippen LogP contribution in [0.4, 0.5) is 0 Å². The van der Waals surface area contributed by atoms with Gasteiger partial charge >= 0.3 is 0 Å². The molecule has 1 aromatic heterocycles. The summed E-state index contributed by atoms with van der Waals surface area (Å²) in [6.07, 6.45) is 2.28. The monoisotopic (exact) mass is 276 g/mol. The summed E-state index contributed by atoms with van der Waals surface area (Å²) in [6, 6.07) is 8.34. The molecule has 2 unspecified atom stereocenters. The van der Waals surface area contributed by atoms with E-state index < -0.39 is 5.60 Å². The summed E-state index contributed by atoms with van der Waals surface area (Å²) in [5.74, 6) is 0. The van der Waals surface area contributed by atoms with Crippen LogP contribution in [0.25, 0.3) is 10.1 Å². The summed E-state index contributed by atoms with van der Waals surface area (Å²) >= 11 is 1.71. The van der Waals surface area contributed by atoms with Crippen LogP contribution in [0.3, 0.4) is 0 Å². The van der Waals surface area contributed by atoms with Gasteiger partial charge in [-0.05, 0) is 30.2 Å². The van der Waals surface area contributed by atoms with Gasteiger partial charge in [0.15, 0.2) is 0 Å². The van der Waals surface area contributed by atoms with E-state index in [4.69, 9.17) is 4.74 Å². The van der Waals surface area contributed by atoms with Crippen molar-refractivity contribution in [2.45, 2.75) is 44.3 Å². The molecule has 2 atom stereocenters. The van der Waals surface area contributed by atoms with Crippen molar-refractivity contribution in [3.63, 3.8) is 0 Å². The Hall–Kier alpha value is -0.900. The van der Waals surface area contributed by atoms with E-state index >= 15 is 0 Å². The molecule has 0 aliphatic carbocycles. The van der Waals surface area contributed by atoms with Crippen molar-refractivity contribution >= 4 is 21.4 Å². The van der Waals surface area contributed by atoms with Crippen LogP contribution in [-0.2, 0) is 10.3 Å². The quantitative estimate of drug-likeness (QED) is 0.896. The van der Waals surface area contributed by atoms with Crippen molar-refractivity contribution in [3.05, 3.63) is 35.2 Å². The Morgan fingerprint density at radius 3 is 3.00 bits per heavy atom. The van der Waals surface area contributed by atoms with Crippen molar-refractivity contribution in [2.75, 3.05) is 6.61 Å². The molecule has 3 heteroatoms. The highest BCUT2D eigenvalue weighted by Crippen LogP contribution is 2.44. The molecule has 1 aliphatic rings. The molecule has 2 nitrogen and oxygen atoms in total. The first-order valence-electron chi connectivity index (χ1n) is 6.89. The SMILES string of the molecule is CCC1(C)CC(O)(c2cccc3ccsc23)CCO1. The van der Waals surface area contributed by atoms with Crippen molar-refractivity contribution in [1.82, 2.24) is 0 Å². The van der Waals surface area contributed by atoms with Gasteiger partial charge in [0.25, 0.3) is 0 Å². The van der Waals surface area contributed by atoms with Gasteiger partial charge in [-0.1, -0.05) is 25.1 Å². The van der Waals surface area contributed by atoms with Crippen LogP contribution in [0.1, 0.15) is 38.7 Å². The van der Waals surface area contributed by atoms with Crippen LogP contribution < -0.4 is 0 Å². The predicted molar refractivity (Wildman–Crippen MR) is 79.6 cm³/mol. The van der Waals surface area contributed by atoms with E-state index in [1.54, 1.807) is 11.3 Å². The zero-order valence-electron chi connectivity index (χ0n) is 11.5. The van der Waals surface area contributed by atoms with Gasteiger partial charge in [0.2, 0.25) is 0 Å². The number of hydrogen-bond acceptors (Lipinski definition) is 3. The molecule has 2 aromatic rings. The lowest BCUT2D eigenvalue weighted by Gasteiger charge is -2.43. The Morgan fingerprint density at radius 2 is 2.21 bits per heavy atom. The molecule has 102 valence electrons. The summed E-state index contributed by atoms with van der Waals surface area (Å²) in [7, 11) is 0. The highest BCUT2D eigenvalue weighted by Gasteiger charge is 2.43. The van der Waals surface area contributed by atoms with E-state index in [-0.39, 0.29) is 5.60 Å². The minimum atomic E-state index is -0.757. The van der Waals surface area contributed by atoms with Crippen LogP contribution >= 0.6 is 11.3 Å². The third-order valence-electron chi connectivity index (χ3n) is 4.36. The summed E-state index contributed by atoms with van der Waals surface area (Å²) in [5, 5.41) is 14.5. The molecule has 0 radical (unpaired) electrons. The smallest absolute Gasteiger partial charge is 0.0959 e. The third-order valence-corrected chi connectivity index (χ3v) is 5.32. The van der Waals surface area contributed by atoms with E-state index in [9.17, 15) is 5.11 Å². The van der Waals surface area contributed by atoms with Gasteiger partial charge in [0.05, 0.1) is 17.8 Å². The number of fused-ring (bicyclic) bond motifs is 1. The predicted octanol–water partition coefficient (Wildman–Crippen LogP) is 4.07. The van der Waals surface area contributed by atoms with Crippen LogP contribution in [0, 0.1) is 0 Å². The van der Waals surface area contributed by atoms with Crippen LogP contribution in [0.15, 0.2) is 29.6 Å². The van der Waals surface area contributed by atoms with Gasteiger partial charge in [-0.3, -0.25) is 0 Å². The zero-order valence-corrected chi connectivity index (χ0v) is 12.3. The highest BCUT2D eigenvalue weighted by atomic mass is 32.1. The Bertz CT molecular complexity index is 591. The molecular formula is C16H20O2S. The van der Waals surface area contributed by atoms with E-state index in [0.717, 1.165) is 12.0 Å². The first kappa shape index (κ1) is 13.1. The lowest BCUT2D eigenvalue weighted by molar-refractivity contribution is -0.157. The Balaban J connectivity index is 2.07. The average Bonchev–Trinajstić information content (AvgIpc) is 2.86. The van der Waals surface area contributed by atoms with Gasteiger partial charge in [0, 0.05) is 23.1 Å². The third kappa shape index (κ3) is 2.20. The molecule has 1 saturated heterocycles. The standard InChI is InChI=1S/C16H20O2S/c1-3-15(2)11-16(17,8-9-18-15)13-6-4-5-12-7-10-19-14(12)13/h4-7,10,17H,3,8-9,11H2,1-2H3. The van der Waals surface area contributed by atoms with Crippen LogP contribution in [0.2, 0.25) is 0 Å². The molecule has 2 heterocycles. The second-order valence-corrected chi connectivity index (χ2v) is 6.67. The molecule has 0 spiro atoms. The summed E-state index contributed by atoms with van der Waals surface area (Å²) in [6.45, 7) is 4.85. The summed E-state index contributed by atoms with van der Waals surface area (Å²) in [5.41, 5.74) is 0.0998.